The maximum atomic E-state index is 11.3. The summed E-state index contributed by atoms with van der Waals surface area (Å²) in [6, 6.07) is 0. The first-order valence-electron chi connectivity index (χ1n) is 5.91. The lowest BCUT2D eigenvalue weighted by Crippen LogP contribution is -2.39. The predicted molar refractivity (Wildman–Crippen MR) is 65.7 cm³/mol. The van der Waals surface area contributed by atoms with Crippen molar-refractivity contribution in [3.63, 3.8) is 0 Å². The number of carboxylic acid groups (broad SMARTS) is 1. The summed E-state index contributed by atoms with van der Waals surface area (Å²) in [5, 5.41) is 13.5. The molecule has 7 heteroatoms. The molecule has 0 heterocycles. The SMILES string of the molecule is CC(CCNC(=O)CNC(=O)CN)CCC(=O)O. The van der Waals surface area contributed by atoms with Crippen molar-refractivity contribution in [2.45, 2.75) is 26.2 Å². The van der Waals surface area contributed by atoms with Gasteiger partial charge in [-0.2, -0.15) is 0 Å². The molecule has 0 spiro atoms. The molecule has 0 saturated heterocycles. The number of carbonyl (C=O) groups excluding carboxylic acids is 2. The minimum Gasteiger partial charge on any atom is -0.481 e. The van der Waals surface area contributed by atoms with E-state index >= 15 is 0 Å². The molecule has 0 bridgehead atoms. The topological polar surface area (TPSA) is 122 Å². The molecule has 1 atom stereocenters. The minimum absolute atomic E-state index is 0.0838. The molecular formula is C11H21N3O4. The Hall–Kier alpha value is -1.63. The molecule has 104 valence electrons. The van der Waals surface area contributed by atoms with Gasteiger partial charge in [-0.1, -0.05) is 6.92 Å². The molecular weight excluding hydrogens is 238 g/mol. The summed E-state index contributed by atoms with van der Waals surface area (Å²) in [5.41, 5.74) is 5.06. The van der Waals surface area contributed by atoms with Crippen LogP contribution >= 0.6 is 0 Å². The van der Waals surface area contributed by atoms with E-state index in [1.165, 1.54) is 0 Å². The third-order valence-electron chi connectivity index (χ3n) is 2.44. The van der Waals surface area contributed by atoms with E-state index in [0.29, 0.717) is 19.4 Å². The number of hydrogen-bond donors (Lipinski definition) is 4. The van der Waals surface area contributed by atoms with E-state index in [4.69, 9.17) is 10.8 Å². The fraction of sp³-hybridized carbons (Fsp3) is 0.727. The zero-order valence-corrected chi connectivity index (χ0v) is 10.6. The van der Waals surface area contributed by atoms with Crippen LogP contribution in [-0.2, 0) is 14.4 Å². The van der Waals surface area contributed by atoms with E-state index in [0.717, 1.165) is 0 Å². The molecule has 0 aliphatic carbocycles. The number of nitrogens with one attached hydrogen (secondary N) is 2. The highest BCUT2D eigenvalue weighted by Gasteiger charge is 2.07. The van der Waals surface area contributed by atoms with Crippen LogP contribution in [0, 0.1) is 5.92 Å². The van der Waals surface area contributed by atoms with Crippen LogP contribution in [0.25, 0.3) is 0 Å². The average molecular weight is 259 g/mol. The first-order valence-corrected chi connectivity index (χ1v) is 5.91. The van der Waals surface area contributed by atoms with Gasteiger partial charge in [-0.3, -0.25) is 14.4 Å². The van der Waals surface area contributed by atoms with E-state index in [9.17, 15) is 14.4 Å². The highest BCUT2D eigenvalue weighted by Crippen LogP contribution is 2.08. The van der Waals surface area contributed by atoms with Gasteiger partial charge < -0.3 is 21.5 Å². The second-order valence-corrected chi connectivity index (χ2v) is 4.16. The lowest BCUT2D eigenvalue weighted by atomic mass is 10.0. The minimum atomic E-state index is -0.810. The number of rotatable bonds is 9. The Morgan fingerprint density at radius 3 is 2.39 bits per heavy atom. The summed E-state index contributed by atoms with van der Waals surface area (Å²) in [6.07, 6.45) is 1.45. The number of amides is 2. The van der Waals surface area contributed by atoms with E-state index in [2.05, 4.69) is 10.6 Å². The van der Waals surface area contributed by atoms with Crippen molar-refractivity contribution in [3.8, 4) is 0 Å². The molecule has 0 aromatic heterocycles. The summed E-state index contributed by atoms with van der Waals surface area (Å²) in [7, 11) is 0. The molecule has 0 aliphatic heterocycles. The standard InChI is InChI=1S/C11H21N3O4/c1-8(2-3-11(17)18)4-5-13-10(16)7-14-9(15)6-12/h8H,2-7,12H2,1H3,(H,13,16)(H,14,15)(H,17,18). The normalized spacial score (nSPS) is 11.7. The largest absolute Gasteiger partial charge is 0.481 e. The Morgan fingerprint density at radius 1 is 1.17 bits per heavy atom. The zero-order valence-electron chi connectivity index (χ0n) is 10.6. The Labute approximate surface area is 106 Å². The van der Waals surface area contributed by atoms with Gasteiger partial charge in [0.15, 0.2) is 0 Å². The molecule has 0 rings (SSSR count). The van der Waals surface area contributed by atoms with E-state index in [-0.39, 0.29) is 37.2 Å². The average Bonchev–Trinajstić information content (AvgIpc) is 2.33. The van der Waals surface area contributed by atoms with Crippen LogP contribution in [0.4, 0.5) is 0 Å². The second kappa shape index (κ2) is 9.41. The highest BCUT2D eigenvalue weighted by atomic mass is 16.4. The molecule has 0 radical (unpaired) electrons. The van der Waals surface area contributed by atoms with Gasteiger partial charge in [-0.05, 0) is 18.8 Å². The Bertz CT molecular complexity index is 294. The van der Waals surface area contributed by atoms with Crippen LogP contribution in [0.2, 0.25) is 0 Å². The number of nitrogens with two attached hydrogens (primary N) is 1. The van der Waals surface area contributed by atoms with Gasteiger partial charge in [0.1, 0.15) is 0 Å². The van der Waals surface area contributed by atoms with Crippen LogP contribution in [0.5, 0.6) is 0 Å². The number of carboxylic acids is 1. The summed E-state index contributed by atoms with van der Waals surface area (Å²) < 4.78 is 0. The third-order valence-corrected chi connectivity index (χ3v) is 2.44. The Morgan fingerprint density at radius 2 is 1.83 bits per heavy atom. The summed E-state index contributed by atoms with van der Waals surface area (Å²) >= 11 is 0. The first kappa shape index (κ1) is 16.4. The number of aliphatic carboxylic acids is 1. The van der Waals surface area contributed by atoms with Gasteiger partial charge in [0.25, 0.3) is 0 Å². The van der Waals surface area contributed by atoms with E-state index in [1.807, 2.05) is 6.92 Å². The molecule has 2 amide bonds. The van der Waals surface area contributed by atoms with Crippen molar-refractivity contribution in [3.05, 3.63) is 0 Å². The van der Waals surface area contributed by atoms with E-state index in [1.54, 1.807) is 0 Å². The monoisotopic (exact) mass is 259 g/mol. The molecule has 0 aromatic rings. The third kappa shape index (κ3) is 9.59. The molecule has 0 aromatic carbocycles. The van der Waals surface area contributed by atoms with Crippen molar-refractivity contribution in [2.75, 3.05) is 19.6 Å². The lowest BCUT2D eigenvalue weighted by Gasteiger charge is -2.11. The van der Waals surface area contributed by atoms with Gasteiger partial charge in [0.05, 0.1) is 13.1 Å². The van der Waals surface area contributed by atoms with Gasteiger partial charge in [-0.25, -0.2) is 0 Å². The van der Waals surface area contributed by atoms with Crippen LogP contribution in [0.1, 0.15) is 26.2 Å². The molecule has 7 nitrogen and oxygen atoms in total. The summed E-state index contributed by atoms with van der Waals surface area (Å²) in [6.45, 7) is 2.18. The lowest BCUT2D eigenvalue weighted by molar-refractivity contribution is -0.137. The van der Waals surface area contributed by atoms with Crippen molar-refractivity contribution < 1.29 is 19.5 Å². The maximum Gasteiger partial charge on any atom is 0.303 e. The Kier molecular flexibility index (Phi) is 8.55. The summed E-state index contributed by atoms with van der Waals surface area (Å²) in [5.74, 6) is -1.22. The molecule has 18 heavy (non-hydrogen) atoms. The smallest absolute Gasteiger partial charge is 0.303 e. The van der Waals surface area contributed by atoms with Gasteiger partial charge in [0.2, 0.25) is 11.8 Å². The second-order valence-electron chi connectivity index (χ2n) is 4.16. The van der Waals surface area contributed by atoms with Crippen molar-refractivity contribution in [2.24, 2.45) is 11.7 Å². The fourth-order valence-corrected chi connectivity index (χ4v) is 1.29. The maximum absolute atomic E-state index is 11.3. The first-order chi connectivity index (χ1) is 8.45. The van der Waals surface area contributed by atoms with Crippen LogP contribution in [-0.4, -0.2) is 42.5 Å². The van der Waals surface area contributed by atoms with Gasteiger partial charge in [0, 0.05) is 13.0 Å². The predicted octanol–water partition coefficient (Wildman–Crippen LogP) is -0.931. The van der Waals surface area contributed by atoms with Gasteiger partial charge in [-0.15, -0.1) is 0 Å². The molecule has 1 unspecified atom stereocenters. The molecule has 5 N–H and O–H groups in total. The van der Waals surface area contributed by atoms with Crippen LogP contribution < -0.4 is 16.4 Å². The summed E-state index contributed by atoms with van der Waals surface area (Å²) in [4.78, 5) is 32.4. The van der Waals surface area contributed by atoms with Crippen molar-refractivity contribution in [1.29, 1.82) is 0 Å². The molecule has 0 saturated carbocycles. The highest BCUT2D eigenvalue weighted by molar-refractivity contribution is 5.85. The fourth-order valence-electron chi connectivity index (χ4n) is 1.29. The van der Waals surface area contributed by atoms with Crippen LogP contribution in [0.3, 0.4) is 0 Å². The van der Waals surface area contributed by atoms with Crippen molar-refractivity contribution in [1.82, 2.24) is 10.6 Å². The number of hydrogen-bond acceptors (Lipinski definition) is 4. The van der Waals surface area contributed by atoms with Gasteiger partial charge >= 0.3 is 5.97 Å². The van der Waals surface area contributed by atoms with E-state index < -0.39 is 5.97 Å². The quantitative estimate of drug-likeness (QED) is 0.426. The van der Waals surface area contributed by atoms with Crippen LogP contribution in [0.15, 0.2) is 0 Å². The zero-order chi connectivity index (χ0) is 14.0. The Balaban J connectivity index is 3.55. The van der Waals surface area contributed by atoms with Crippen molar-refractivity contribution >= 4 is 17.8 Å². The molecule has 0 fully saturated rings. The number of carbonyl (C=O) groups is 3. The molecule has 0 aliphatic rings.